The van der Waals surface area contributed by atoms with Crippen LogP contribution in [0, 0.1) is 11.7 Å². The zero-order valence-corrected chi connectivity index (χ0v) is 18.9. The summed E-state index contributed by atoms with van der Waals surface area (Å²) in [5.41, 5.74) is 2.16. The van der Waals surface area contributed by atoms with E-state index in [0.717, 1.165) is 30.4 Å². The number of nitrogens with zero attached hydrogens (tertiary/aromatic N) is 1. The molecule has 6 heteroatoms. The quantitative estimate of drug-likeness (QED) is 0.584. The van der Waals surface area contributed by atoms with Gasteiger partial charge >= 0.3 is 0 Å². The molecule has 0 N–H and O–H groups in total. The summed E-state index contributed by atoms with van der Waals surface area (Å²) in [7, 11) is 3.24. The third-order valence-electron chi connectivity index (χ3n) is 6.73. The average molecular weight is 442 g/mol. The van der Waals surface area contributed by atoms with Gasteiger partial charge < -0.3 is 19.1 Å². The molecule has 1 aliphatic heterocycles. The molecule has 0 saturated heterocycles. The summed E-state index contributed by atoms with van der Waals surface area (Å²) in [5.74, 6) is 2.26. The summed E-state index contributed by atoms with van der Waals surface area (Å²) >= 11 is 0. The molecule has 1 amide bonds. The SMILES string of the molecule is COc1cc2c(cc1OC)C(COc1ccc(F)cc1)N(C(=O)CC1CCCCC1)CC2. The first kappa shape index (κ1) is 22.4. The van der Waals surface area contributed by atoms with Gasteiger partial charge in [0.1, 0.15) is 18.2 Å². The lowest BCUT2D eigenvalue weighted by atomic mass is 9.85. The Morgan fingerprint density at radius 3 is 2.41 bits per heavy atom. The topological polar surface area (TPSA) is 48.0 Å². The fourth-order valence-electron chi connectivity index (χ4n) is 4.97. The van der Waals surface area contributed by atoms with Crippen LogP contribution in [0.25, 0.3) is 0 Å². The smallest absolute Gasteiger partial charge is 0.223 e. The van der Waals surface area contributed by atoms with Crippen molar-refractivity contribution in [2.24, 2.45) is 5.92 Å². The Morgan fingerprint density at radius 1 is 1.03 bits per heavy atom. The molecule has 1 saturated carbocycles. The lowest BCUT2D eigenvalue weighted by Crippen LogP contribution is -2.43. The van der Waals surface area contributed by atoms with Gasteiger partial charge in [0.25, 0.3) is 0 Å². The second-order valence-corrected chi connectivity index (χ2v) is 8.73. The molecule has 1 aliphatic carbocycles. The molecule has 1 fully saturated rings. The summed E-state index contributed by atoms with van der Waals surface area (Å²) < 4.78 is 30.3. The highest BCUT2D eigenvalue weighted by atomic mass is 19.1. The molecule has 32 heavy (non-hydrogen) atoms. The van der Waals surface area contributed by atoms with Crippen LogP contribution in [0.3, 0.4) is 0 Å². The van der Waals surface area contributed by atoms with E-state index in [-0.39, 0.29) is 17.8 Å². The second kappa shape index (κ2) is 10.2. The van der Waals surface area contributed by atoms with Crippen LogP contribution in [0.4, 0.5) is 4.39 Å². The highest BCUT2D eigenvalue weighted by molar-refractivity contribution is 5.77. The number of rotatable bonds is 7. The molecule has 1 heterocycles. The average Bonchev–Trinajstić information content (AvgIpc) is 2.83. The first-order valence-corrected chi connectivity index (χ1v) is 11.5. The van der Waals surface area contributed by atoms with Crippen LogP contribution < -0.4 is 14.2 Å². The molecule has 0 aromatic heterocycles. The van der Waals surface area contributed by atoms with Crippen LogP contribution in [0.1, 0.15) is 55.7 Å². The molecule has 0 spiro atoms. The van der Waals surface area contributed by atoms with Crippen molar-refractivity contribution in [2.45, 2.75) is 51.0 Å². The lowest BCUT2D eigenvalue weighted by molar-refractivity contribution is -0.136. The number of hydrogen-bond donors (Lipinski definition) is 0. The number of benzene rings is 2. The van der Waals surface area contributed by atoms with E-state index in [9.17, 15) is 9.18 Å². The Morgan fingerprint density at radius 2 is 1.72 bits per heavy atom. The molecule has 0 bridgehead atoms. The monoisotopic (exact) mass is 441 g/mol. The minimum atomic E-state index is -0.304. The fraction of sp³-hybridized carbons (Fsp3) is 0.500. The van der Waals surface area contributed by atoms with Crippen molar-refractivity contribution in [3.63, 3.8) is 0 Å². The van der Waals surface area contributed by atoms with E-state index in [4.69, 9.17) is 14.2 Å². The zero-order valence-electron chi connectivity index (χ0n) is 18.9. The van der Waals surface area contributed by atoms with Gasteiger partial charge in [0.15, 0.2) is 11.5 Å². The summed E-state index contributed by atoms with van der Waals surface area (Å²) in [6.45, 7) is 0.940. The maximum absolute atomic E-state index is 13.4. The Labute approximate surface area is 189 Å². The van der Waals surface area contributed by atoms with E-state index in [1.165, 1.54) is 31.4 Å². The Kier molecular flexibility index (Phi) is 7.18. The van der Waals surface area contributed by atoms with Gasteiger partial charge in [-0.2, -0.15) is 0 Å². The maximum Gasteiger partial charge on any atom is 0.223 e. The molecule has 172 valence electrons. The van der Waals surface area contributed by atoms with E-state index in [1.54, 1.807) is 26.4 Å². The van der Waals surface area contributed by atoms with Crippen LogP contribution in [0.2, 0.25) is 0 Å². The minimum Gasteiger partial charge on any atom is -0.493 e. The molecule has 5 nitrogen and oxygen atoms in total. The third-order valence-corrected chi connectivity index (χ3v) is 6.73. The molecule has 0 radical (unpaired) electrons. The summed E-state index contributed by atoms with van der Waals surface area (Å²) in [4.78, 5) is 15.3. The standard InChI is InChI=1S/C26H32FNO4/c1-30-24-15-19-12-13-28(26(29)14-18-6-4-3-5-7-18)23(22(19)16-25(24)31-2)17-32-21-10-8-20(27)9-11-21/h8-11,15-16,18,23H,3-7,12-14,17H2,1-2H3. The number of carbonyl (C=O) groups excluding carboxylic acids is 1. The van der Waals surface area contributed by atoms with Crippen molar-refractivity contribution in [3.05, 3.63) is 53.3 Å². The summed E-state index contributed by atoms with van der Waals surface area (Å²) in [5, 5.41) is 0. The molecular formula is C26H32FNO4. The van der Waals surface area contributed by atoms with Gasteiger partial charge in [-0.1, -0.05) is 19.3 Å². The summed E-state index contributed by atoms with van der Waals surface area (Å²) in [6.07, 6.45) is 7.34. The van der Waals surface area contributed by atoms with E-state index in [2.05, 4.69) is 0 Å². The van der Waals surface area contributed by atoms with Gasteiger partial charge in [0.2, 0.25) is 5.91 Å². The molecule has 2 aromatic rings. The van der Waals surface area contributed by atoms with E-state index < -0.39 is 0 Å². The van der Waals surface area contributed by atoms with Crippen LogP contribution in [0.5, 0.6) is 17.2 Å². The largest absolute Gasteiger partial charge is 0.493 e. The highest BCUT2D eigenvalue weighted by Gasteiger charge is 2.33. The van der Waals surface area contributed by atoms with Crippen LogP contribution in [-0.2, 0) is 11.2 Å². The van der Waals surface area contributed by atoms with E-state index >= 15 is 0 Å². The number of amides is 1. The number of carbonyl (C=O) groups is 1. The van der Waals surface area contributed by atoms with Gasteiger partial charge in [-0.05, 0) is 72.7 Å². The van der Waals surface area contributed by atoms with Crippen molar-refractivity contribution in [2.75, 3.05) is 27.4 Å². The molecular weight excluding hydrogens is 409 g/mol. The number of halogens is 1. The Hall–Kier alpha value is -2.76. The lowest BCUT2D eigenvalue weighted by Gasteiger charge is -2.38. The van der Waals surface area contributed by atoms with Gasteiger partial charge in [0.05, 0.1) is 20.3 Å². The zero-order chi connectivity index (χ0) is 22.5. The summed E-state index contributed by atoms with van der Waals surface area (Å²) in [6, 6.07) is 9.71. The van der Waals surface area contributed by atoms with Gasteiger partial charge in [-0.3, -0.25) is 4.79 Å². The van der Waals surface area contributed by atoms with Crippen LogP contribution in [-0.4, -0.2) is 38.2 Å². The fourth-order valence-corrected chi connectivity index (χ4v) is 4.97. The molecule has 2 aromatic carbocycles. The Bertz CT molecular complexity index is 924. The highest BCUT2D eigenvalue weighted by Crippen LogP contribution is 2.39. The number of methoxy groups -OCH3 is 2. The molecule has 1 atom stereocenters. The predicted molar refractivity (Wildman–Crippen MR) is 121 cm³/mol. The third kappa shape index (κ3) is 5.00. The minimum absolute atomic E-state index is 0.185. The Balaban J connectivity index is 1.59. The van der Waals surface area contributed by atoms with Crippen molar-refractivity contribution >= 4 is 5.91 Å². The van der Waals surface area contributed by atoms with Gasteiger partial charge in [0, 0.05) is 13.0 Å². The van der Waals surface area contributed by atoms with Gasteiger partial charge in [-0.15, -0.1) is 0 Å². The van der Waals surface area contributed by atoms with Crippen molar-refractivity contribution in [1.29, 1.82) is 0 Å². The van der Waals surface area contributed by atoms with Crippen molar-refractivity contribution in [3.8, 4) is 17.2 Å². The molecule has 1 unspecified atom stereocenters. The predicted octanol–water partition coefficient (Wildman–Crippen LogP) is 5.32. The molecule has 2 aliphatic rings. The second-order valence-electron chi connectivity index (χ2n) is 8.73. The number of hydrogen-bond acceptors (Lipinski definition) is 4. The first-order chi connectivity index (χ1) is 15.6. The normalized spacial score (nSPS) is 18.7. The van der Waals surface area contributed by atoms with E-state index in [0.29, 0.717) is 42.7 Å². The van der Waals surface area contributed by atoms with Crippen molar-refractivity contribution in [1.82, 2.24) is 4.90 Å². The number of fused-ring (bicyclic) bond motifs is 1. The van der Waals surface area contributed by atoms with Crippen LogP contribution in [0.15, 0.2) is 36.4 Å². The molecule has 4 rings (SSSR count). The first-order valence-electron chi connectivity index (χ1n) is 11.5. The van der Waals surface area contributed by atoms with Gasteiger partial charge in [-0.25, -0.2) is 4.39 Å². The van der Waals surface area contributed by atoms with Crippen LogP contribution >= 0.6 is 0 Å². The maximum atomic E-state index is 13.4. The number of ether oxygens (including phenoxy) is 3. The van der Waals surface area contributed by atoms with E-state index in [1.807, 2.05) is 17.0 Å². The van der Waals surface area contributed by atoms with Crippen molar-refractivity contribution < 1.29 is 23.4 Å².